The van der Waals surface area contributed by atoms with E-state index in [0.717, 1.165) is 6.42 Å². The Balaban J connectivity index is 1.20. The Kier molecular flexibility index (Phi) is 7.06. The summed E-state index contributed by atoms with van der Waals surface area (Å²) in [6, 6.07) is 10.5. The predicted molar refractivity (Wildman–Crippen MR) is 140 cm³/mol. The third-order valence-corrected chi connectivity index (χ3v) is 8.24. The topological polar surface area (TPSA) is 100 Å². The lowest BCUT2D eigenvalue weighted by molar-refractivity contribution is -0.274. The van der Waals surface area contributed by atoms with Gasteiger partial charge in [-0.05, 0) is 69.4 Å². The Morgan fingerprint density at radius 2 is 1.73 bits per heavy atom. The number of benzene rings is 2. The van der Waals surface area contributed by atoms with E-state index in [9.17, 15) is 22.8 Å². The molecule has 3 unspecified atom stereocenters. The van der Waals surface area contributed by atoms with Gasteiger partial charge in [-0.2, -0.15) is 0 Å². The number of primary amides is 1. The van der Waals surface area contributed by atoms with Gasteiger partial charge in [-0.25, -0.2) is 0 Å². The van der Waals surface area contributed by atoms with Gasteiger partial charge in [-0.1, -0.05) is 18.2 Å². The fourth-order valence-corrected chi connectivity index (χ4v) is 5.28. The van der Waals surface area contributed by atoms with Crippen molar-refractivity contribution in [1.29, 1.82) is 0 Å². The van der Waals surface area contributed by atoms with Crippen LogP contribution in [-0.4, -0.2) is 60.1 Å². The van der Waals surface area contributed by atoms with E-state index in [4.69, 9.17) is 19.8 Å². The first kappa shape index (κ1) is 28.3. The van der Waals surface area contributed by atoms with E-state index in [1.54, 1.807) is 23.1 Å². The fraction of sp³-hybridized carbons (Fsp3) is 0.500. The molecule has 3 aliphatic rings. The molecule has 8 nitrogen and oxygen atoms in total. The zero-order chi connectivity index (χ0) is 29.0. The van der Waals surface area contributed by atoms with Crippen molar-refractivity contribution >= 4 is 24.4 Å². The van der Waals surface area contributed by atoms with Gasteiger partial charge in [0.2, 0.25) is 5.91 Å². The predicted octanol–water partition coefficient (Wildman–Crippen LogP) is 3.59. The van der Waals surface area contributed by atoms with E-state index in [-0.39, 0.29) is 41.7 Å². The van der Waals surface area contributed by atoms with E-state index < -0.39 is 30.6 Å². The second kappa shape index (κ2) is 9.99. The molecule has 2 amide bonds. The summed E-state index contributed by atoms with van der Waals surface area (Å²) in [5.74, 6) is -0.559. The third-order valence-electron chi connectivity index (χ3n) is 8.24. The van der Waals surface area contributed by atoms with Crippen molar-refractivity contribution < 1.29 is 41.5 Å². The van der Waals surface area contributed by atoms with E-state index >= 15 is 0 Å². The van der Waals surface area contributed by atoms with E-state index in [2.05, 4.69) is 4.74 Å². The van der Waals surface area contributed by atoms with Gasteiger partial charge in [-0.3, -0.25) is 9.59 Å². The lowest BCUT2D eigenvalue weighted by atomic mass is 9.78. The van der Waals surface area contributed by atoms with Crippen LogP contribution >= 0.6 is 0 Å². The molecule has 2 heterocycles. The molecular formula is C28H32BF3N2O6. The van der Waals surface area contributed by atoms with Crippen LogP contribution in [0.15, 0.2) is 42.5 Å². The molecule has 0 aromatic heterocycles. The van der Waals surface area contributed by atoms with Crippen LogP contribution in [0, 0.1) is 5.92 Å². The largest absolute Gasteiger partial charge is 0.573 e. The monoisotopic (exact) mass is 560 g/mol. The molecule has 1 saturated carbocycles. The molecule has 2 aromatic rings. The minimum absolute atomic E-state index is 0.0140. The number of carbonyl (C=O) groups excluding carboxylic acids is 2. The van der Waals surface area contributed by atoms with E-state index in [1.165, 1.54) is 24.3 Å². The van der Waals surface area contributed by atoms with Crippen molar-refractivity contribution in [1.82, 2.24) is 4.90 Å². The molecule has 12 heteroatoms. The van der Waals surface area contributed by atoms with Gasteiger partial charge in [0.25, 0.3) is 5.91 Å². The highest BCUT2D eigenvalue weighted by Crippen LogP contribution is 2.45. The molecular weight excluding hydrogens is 528 g/mol. The number of nitrogens with two attached hydrogens (primary N) is 1. The smallest absolute Gasteiger partial charge is 0.489 e. The van der Waals surface area contributed by atoms with Gasteiger partial charge >= 0.3 is 13.5 Å². The molecule has 0 bridgehead atoms. The van der Waals surface area contributed by atoms with Gasteiger partial charge < -0.3 is 29.4 Å². The van der Waals surface area contributed by atoms with Crippen molar-refractivity contribution in [3.63, 3.8) is 0 Å². The van der Waals surface area contributed by atoms with Gasteiger partial charge in [0.1, 0.15) is 17.6 Å². The van der Waals surface area contributed by atoms with Gasteiger partial charge in [0, 0.05) is 24.9 Å². The highest BCUT2D eigenvalue weighted by molar-refractivity contribution is 6.62. The van der Waals surface area contributed by atoms with Crippen molar-refractivity contribution in [2.24, 2.45) is 11.7 Å². The number of fused-ring (bicyclic) bond motifs is 1. The number of piperidine rings is 1. The van der Waals surface area contributed by atoms with Crippen LogP contribution in [-0.2, 0) is 20.5 Å². The van der Waals surface area contributed by atoms with Crippen LogP contribution in [0.25, 0.3) is 0 Å². The number of hydrogen-bond acceptors (Lipinski definition) is 6. The second-order valence-corrected chi connectivity index (χ2v) is 11.6. The molecule has 0 spiro atoms. The Morgan fingerprint density at radius 3 is 2.33 bits per heavy atom. The van der Waals surface area contributed by atoms with E-state index in [1.807, 2.05) is 27.7 Å². The highest BCUT2D eigenvalue weighted by Gasteiger charge is 2.53. The summed E-state index contributed by atoms with van der Waals surface area (Å²) in [5.41, 5.74) is 6.14. The molecule has 5 rings (SSSR count). The maximum absolute atomic E-state index is 13.0. The number of hydrogen-bond donors (Lipinski definition) is 1. The molecule has 2 aromatic carbocycles. The van der Waals surface area contributed by atoms with E-state index in [0.29, 0.717) is 29.7 Å². The van der Waals surface area contributed by atoms with Crippen LogP contribution < -0.4 is 20.7 Å². The molecule has 3 atom stereocenters. The molecule has 2 aliphatic heterocycles. The number of rotatable bonds is 7. The first-order valence-corrected chi connectivity index (χ1v) is 13.2. The fourth-order valence-electron chi connectivity index (χ4n) is 5.28. The summed E-state index contributed by atoms with van der Waals surface area (Å²) in [7, 11) is -0.646. The second-order valence-electron chi connectivity index (χ2n) is 11.6. The van der Waals surface area contributed by atoms with Crippen molar-refractivity contribution in [2.75, 3.05) is 6.54 Å². The third kappa shape index (κ3) is 5.78. The van der Waals surface area contributed by atoms with Gasteiger partial charge in [-0.15, -0.1) is 13.2 Å². The molecule has 40 heavy (non-hydrogen) atoms. The lowest BCUT2D eigenvalue weighted by Crippen LogP contribution is -2.44. The van der Waals surface area contributed by atoms with Crippen molar-refractivity contribution in [3.05, 3.63) is 53.6 Å². The summed E-state index contributed by atoms with van der Waals surface area (Å²) < 4.78 is 59.5. The average Bonchev–Trinajstić information content (AvgIpc) is 3.61. The van der Waals surface area contributed by atoms with Crippen molar-refractivity contribution in [3.8, 4) is 11.5 Å². The number of halogens is 3. The number of nitrogens with zero attached hydrogens (tertiary/aromatic N) is 1. The SMILES string of the molecule is CC1(C)OB(c2ccc(OC3CCN(C(=O)Cc4ccc(OC(F)(F)F)cc4)C4CC34)c(C(N)=O)c2)OC1(C)C. The summed E-state index contributed by atoms with van der Waals surface area (Å²) in [6.45, 7) is 8.27. The summed E-state index contributed by atoms with van der Waals surface area (Å²) >= 11 is 0. The standard InChI is InChI=1S/C28H32BF3N2O6/c1-26(2)27(3,4)40-29(39-26)17-7-10-22(20(14-17)25(33)36)37-23-11-12-34(21-15-19(21)23)24(35)13-16-5-8-18(9-6-16)38-28(30,31)32/h5-10,14,19,21,23H,11-13,15H2,1-4H3,(H2,33,36). The normalized spacial score (nSPS) is 24.8. The number of ether oxygens (including phenoxy) is 2. The summed E-state index contributed by atoms with van der Waals surface area (Å²) in [5, 5.41) is 0. The quantitative estimate of drug-likeness (QED) is 0.520. The zero-order valence-corrected chi connectivity index (χ0v) is 22.8. The lowest BCUT2D eigenvalue weighted by Gasteiger charge is -2.32. The molecule has 1 aliphatic carbocycles. The molecule has 2 saturated heterocycles. The van der Waals surface area contributed by atoms with Crippen LogP contribution in [0.3, 0.4) is 0 Å². The van der Waals surface area contributed by atoms with Gasteiger partial charge in [0.05, 0.1) is 23.2 Å². The number of amides is 2. The minimum atomic E-state index is -4.77. The summed E-state index contributed by atoms with van der Waals surface area (Å²) in [4.78, 5) is 27.1. The van der Waals surface area contributed by atoms with Crippen LogP contribution in [0.4, 0.5) is 13.2 Å². The Bertz CT molecular complexity index is 1280. The number of likely N-dealkylation sites (tertiary alicyclic amines) is 1. The minimum Gasteiger partial charge on any atom is -0.489 e. The average molecular weight is 560 g/mol. The first-order valence-electron chi connectivity index (χ1n) is 13.2. The van der Waals surface area contributed by atoms with Crippen molar-refractivity contribution in [2.45, 2.75) is 76.7 Å². The molecule has 3 fully saturated rings. The van der Waals surface area contributed by atoms with Crippen LogP contribution in [0.2, 0.25) is 0 Å². The molecule has 214 valence electrons. The van der Waals surface area contributed by atoms with Crippen LogP contribution in [0.5, 0.6) is 11.5 Å². The zero-order valence-electron chi connectivity index (χ0n) is 22.8. The summed E-state index contributed by atoms with van der Waals surface area (Å²) in [6.07, 6.45) is -3.53. The molecule has 0 radical (unpaired) electrons. The number of carbonyl (C=O) groups is 2. The first-order chi connectivity index (χ1) is 18.6. The highest BCUT2D eigenvalue weighted by atomic mass is 19.4. The van der Waals surface area contributed by atoms with Gasteiger partial charge in [0.15, 0.2) is 0 Å². The van der Waals surface area contributed by atoms with Crippen LogP contribution in [0.1, 0.15) is 56.5 Å². The Hall–Kier alpha value is -3.25. The maximum atomic E-state index is 13.0. The Morgan fingerprint density at radius 1 is 1.07 bits per heavy atom. The Labute approximate surface area is 231 Å². The molecule has 2 N–H and O–H groups in total. The number of alkyl halides is 3. The maximum Gasteiger partial charge on any atom is 0.573 e.